The molecule has 0 fully saturated rings. The topological polar surface area (TPSA) is 52.9 Å². The van der Waals surface area contributed by atoms with Crippen LogP contribution in [0.1, 0.15) is 20.8 Å². The standard InChI is InChI=1S/C8H13FN2O/c1-6(4-10)7(12)11-8(2,3)5-9/h6H,5H2,1-3H3,(H,11,12). The van der Waals surface area contributed by atoms with Gasteiger partial charge in [0.15, 0.2) is 0 Å². The highest BCUT2D eigenvalue weighted by atomic mass is 19.1. The van der Waals surface area contributed by atoms with Gasteiger partial charge >= 0.3 is 0 Å². The number of carbonyl (C=O) groups is 1. The fourth-order valence-corrected chi connectivity index (χ4v) is 0.534. The summed E-state index contributed by atoms with van der Waals surface area (Å²) in [7, 11) is 0. The highest BCUT2D eigenvalue weighted by Gasteiger charge is 2.22. The van der Waals surface area contributed by atoms with Gasteiger partial charge in [-0.1, -0.05) is 0 Å². The zero-order chi connectivity index (χ0) is 9.78. The summed E-state index contributed by atoms with van der Waals surface area (Å²) in [6.45, 7) is 3.96. The SMILES string of the molecule is CC(C#N)C(=O)NC(C)(C)CF. The molecule has 1 atom stereocenters. The van der Waals surface area contributed by atoms with Crippen LogP contribution >= 0.6 is 0 Å². The van der Waals surface area contributed by atoms with Crippen molar-refractivity contribution in [3.8, 4) is 6.07 Å². The number of amides is 1. The fourth-order valence-electron chi connectivity index (χ4n) is 0.534. The zero-order valence-electron chi connectivity index (χ0n) is 7.52. The minimum atomic E-state index is -0.873. The molecule has 0 aromatic heterocycles. The number of rotatable bonds is 3. The first-order valence-electron chi connectivity index (χ1n) is 3.70. The molecule has 0 aliphatic rings. The minimum Gasteiger partial charge on any atom is -0.347 e. The molecule has 0 aliphatic carbocycles. The second-order valence-corrected chi connectivity index (χ2v) is 3.36. The van der Waals surface area contributed by atoms with Crippen LogP contribution in [-0.2, 0) is 4.79 Å². The monoisotopic (exact) mass is 172 g/mol. The van der Waals surface area contributed by atoms with Crippen molar-refractivity contribution in [3.63, 3.8) is 0 Å². The molecule has 0 radical (unpaired) electrons. The van der Waals surface area contributed by atoms with E-state index >= 15 is 0 Å². The quantitative estimate of drug-likeness (QED) is 0.690. The summed E-state index contributed by atoms with van der Waals surface area (Å²) in [6, 6.07) is 1.78. The van der Waals surface area contributed by atoms with Crippen molar-refractivity contribution in [2.45, 2.75) is 26.3 Å². The Balaban J connectivity index is 4.11. The van der Waals surface area contributed by atoms with Gasteiger partial charge in [0.2, 0.25) is 5.91 Å². The Kier molecular flexibility index (Phi) is 3.68. The molecular weight excluding hydrogens is 159 g/mol. The average Bonchev–Trinajstić information content (AvgIpc) is 2.02. The summed E-state index contributed by atoms with van der Waals surface area (Å²) >= 11 is 0. The van der Waals surface area contributed by atoms with E-state index in [1.165, 1.54) is 6.92 Å². The van der Waals surface area contributed by atoms with Gasteiger partial charge in [0.05, 0.1) is 11.6 Å². The number of nitrogens with zero attached hydrogens (tertiary/aromatic N) is 1. The molecule has 12 heavy (non-hydrogen) atoms. The van der Waals surface area contributed by atoms with Gasteiger partial charge in [-0.25, -0.2) is 4.39 Å². The zero-order valence-corrected chi connectivity index (χ0v) is 7.52. The number of hydrogen-bond donors (Lipinski definition) is 1. The number of halogens is 1. The van der Waals surface area contributed by atoms with Crippen molar-refractivity contribution >= 4 is 5.91 Å². The summed E-state index contributed by atoms with van der Waals surface area (Å²) in [5, 5.41) is 10.8. The van der Waals surface area contributed by atoms with Gasteiger partial charge in [0.1, 0.15) is 12.6 Å². The maximum absolute atomic E-state index is 12.2. The van der Waals surface area contributed by atoms with Crippen molar-refractivity contribution in [1.82, 2.24) is 5.32 Å². The Morgan fingerprint density at radius 1 is 1.75 bits per heavy atom. The Morgan fingerprint density at radius 2 is 2.25 bits per heavy atom. The van der Waals surface area contributed by atoms with E-state index in [9.17, 15) is 9.18 Å². The second-order valence-electron chi connectivity index (χ2n) is 3.36. The van der Waals surface area contributed by atoms with E-state index in [2.05, 4.69) is 5.32 Å². The molecule has 1 unspecified atom stereocenters. The lowest BCUT2D eigenvalue weighted by Gasteiger charge is -2.22. The van der Waals surface area contributed by atoms with E-state index in [-0.39, 0.29) is 0 Å². The molecule has 1 N–H and O–H groups in total. The first-order chi connectivity index (χ1) is 5.43. The lowest BCUT2D eigenvalue weighted by Crippen LogP contribution is -2.47. The smallest absolute Gasteiger partial charge is 0.237 e. The van der Waals surface area contributed by atoms with Crippen LogP contribution in [0, 0.1) is 17.2 Å². The molecular formula is C8H13FN2O. The molecule has 1 amide bonds. The van der Waals surface area contributed by atoms with Gasteiger partial charge in [-0.2, -0.15) is 5.26 Å². The predicted molar refractivity (Wildman–Crippen MR) is 43.0 cm³/mol. The molecule has 0 bridgehead atoms. The first kappa shape index (κ1) is 10.9. The van der Waals surface area contributed by atoms with Crippen LogP contribution in [0.5, 0.6) is 0 Å². The number of nitrogens with one attached hydrogen (secondary N) is 1. The van der Waals surface area contributed by atoms with Crippen LogP contribution in [0.25, 0.3) is 0 Å². The van der Waals surface area contributed by atoms with Crippen molar-refractivity contribution in [2.24, 2.45) is 5.92 Å². The van der Waals surface area contributed by atoms with E-state index in [4.69, 9.17) is 5.26 Å². The highest BCUT2D eigenvalue weighted by molar-refractivity contribution is 5.81. The van der Waals surface area contributed by atoms with Crippen molar-refractivity contribution in [2.75, 3.05) is 6.67 Å². The summed E-state index contributed by atoms with van der Waals surface area (Å²) in [5.41, 5.74) is -0.873. The van der Waals surface area contributed by atoms with Crippen LogP contribution in [0.15, 0.2) is 0 Å². The molecule has 3 nitrogen and oxygen atoms in total. The molecule has 4 heteroatoms. The molecule has 68 valence electrons. The molecule has 0 aromatic carbocycles. The summed E-state index contributed by atoms with van der Waals surface area (Å²) in [4.78, 5) is 11.0. The Bertz CT molecular complexity index is 208. The van der Waals surface area contributed by atoms with Gasteiger partial charge < -0.3 is 5.32 Å². The number of carbonyl (C=O) groups excluding carboxylic acids is 1. The average molecular weight is 172 g/mol. The fraction of sp³-hybridized carbons (Fsp3) is 0.750. The van der Waals surface area contributed by atoms with E-state index in [0.29, 0.717) is 0 Å². The Hall–Kier alpha value is -1.11. The normalized spacial score (nSPS) is 13.2. The van der Waals surface area contributed by atoms with Crippen LogP contribution < -0.4 is 5.32 Å². The van der Waals surface area contributed by atoms with Crippen LogP contribution in [0.4, 0.5) is 4.39 Å². The maximum atomic E-state index is 12.2. The van der Waals surface area contributed by atoms with Crippen molar-refractivity contribution < 1.29 is 9.18 Å². The van der Waals surface area contributed by atoms with E-state index < -0.39 is 24.0 Å². The number of nitriles is 1. The molecule has 0 saturated carbocycles. The molecule has 0 rings (SSSR count). The predicted octanol–water partition coefficient (Wildman–Crippen LogP) is 1.01. The van der Waals surface area contributed by atoms with Crippen molar-refractivity contribution in [3.05, 3.63) is 0 Å². The molecule has 0 spiro atoms. The van der Waals surface area contributed by atoms with Crippen LogP contribution in [0.2, 0.25) is 0 Å². The van der Waals surface area contributed by atoms with Gasteiger partial charge in [0.25, 0.3) is 0 Å². The van der Waals surface area contributed by atoms with Gasteiger partial charge in [0, 0.05) is 0 Å². The molecule has 0 saturated heterocycles. The summed E-state index contributed by atoms with van der Waals surface area (Å²) in [5.74, 6) is -1.16. The first-order valence-corrected chi connectivity index (χ1v) is 3.70. The maximum Gasteiger partial charge on any atom is 0.237 e. The summed E-state index contributed by atoms with van der Waals surface area (Å²) < 4.78 is 12.2. The van der Waals surface area contributed by atoms with Crippen molar-refractivity contribution in [1.29, 1.82) is 5.26 Å². The van der Waals surface area contributed by atoms with E-state index in [0.717, 1.165) is 0 Å². The Labute approximate surface area is 71.6 Å². The second kappa shape index (κ2) is 4.05. The Morgan fingerprint density at radius 3 is 2.58 bits per heavy atom. The highest BCUT2D eigenvalue weighted by Crippen LogP contribution is 2.04. The lowest BCUT2D eigenvalue weighted by atomic mass is 10.1. The van der Waals surface area contributed by atoms with Gasteiger partial charge in [-0.15, -0.1) is 0 Å². The van der Waals surface area contributed by atoms with Gasteiger partial charge in [-0.3, -0.25) is 4.79 Å². The molecule has 0 heterocycles. The minimum absolute atomic E-state index is 0.430. The third kappa shape index (κ3) is 3.33. The van der Waals surface area contributed by atoms with E-state index in [1.807, 2.05) is 0 Å². The van der Waals surface area contributed by atoms with Gasteiger partial charge in [-0.05, 0) is 20.8 Å². The molecule has 0 aromatic rings. The number of alkyl halides is 1. The largest absolute Gasteiger partial charge is 0.347 e. The summed E-state index contributed by atoms with van der Waals surface area (Å²) in [6.07, 6.45) is 0. The third-order valence-corrected chi connectivity index (χ3v) is 1.38. The van der Waals surface area contributed by atoms with Crippen LogP contribution in [-0.4, -0.2) is 18.1 Å². The number of hydrogen-bond acceptors (Lipinski definition) is 2. The third-order valence-electron chi connectivity index (χ3n) is 1.38. The molecule has 0 aliphatic heterocycles. The van der Waals surface area contributed by atoms with E-state index in [1.54, 1.807) is 19.9 Å². The lowest BCUT2D eigenvalue weighted by molar-refractivity contribution is -0.124. The van der Waals surface area contributed by atoms with Crippen LogP contribution in [0.3, 0.4) is 0 Å².